The Labute approximate surface area is 129 Å². The molecule has 0 spiro atoms. The first kappa shape index (κ1) is 14.5. The number of benzene rings is 1. The molecular formula is C17H19N3O2. The average molecular weight is 297 g/mol. The Bertz CT molecular complexity index is 608. The van der Waals surface area contributed by atoms with Gasteiger partial charge >= 0.3 is 0 Å². The van der Waals surface area contributed by atoms with Gasteiger partial charge in [0.25, 0.3) is 0 Å². The van der Waals surface area contributed by atoms with Crippen LogP contribution in [0.15, 0.2) is 48.7 Å². The highest BCUT2D eigenvalue weighted by Crippen LogP contribution is 2.20. The van der Waals surface area contributed by atoms with E-state index in [1.54, 1.807) is 12.3 Å². The van der Waals surface area contributed by atoms with Crippen molar-refractivity contribution in [2.75, 3.05) is 18.4 Å². The predicted molar refractivity (Wildman–Crippen MR) is 85.0 cm³/mol. The van der Waals surface area contributed by atoms with Crippen molar-refractivity contribution in [1.29, 1.82) is 0 Å². The van der Waals surface area contributed by atoms with E-state index >= 15 is 0 Å². The Morgan fingerprint density at radius 1 is 1.14 bits per heavy atom. The van der Waals surface area contributed by atoms with E-state index in [0.717, 1.165) is 31.7 Å². The number of carbonyl (C=O) groups excluding carboxylic acids is 1. The molecule has 2 heterocycles. The molecule has 5 heteroatoms. The maximum atomic E-state index is 12.1. The molecule has 0 bridgehead atoms. The number of amides is 1. The number of nitrogens with zero attached hydrogens (tertiary/aromatic N) is 1. The first-order chi connectivity index (χ1) is 10.8. The second-order valence-corrected chi connectivity index (χ2v) is 5.31. The Hall–Kier alpha value is -2.40. The molecule has 0 unspecified atom stereocenters. The summed E-state index contributed by atoms with van der Waals surface area (Å²) in [6.45, 7) is 1.81. The molecule has 1 amide bonds. The number of aromatic nitrogens is 1. The lowest BCUT2D eigenvalue weighted by atomic mass is 9.97. The monoisotopic (exact) mass is 297 g/mol. The van der Waals surface area contributed by atoms with Crippen LogP contribution in [-0.2, 0) is 4.79 Å². The molecule has 1 saturated heterocycles. The third-order valence-corrected chi connectivity index (χ3v) is 3.68. The molecule has 2 N–H and O–H groups in total. The second kappa shape index (κ2) is 7.04. The maximum Gasteiger partial charge on any atom is 0.227 e. The van der Waals surface area contributed by atoms with E-state index in [9.17, 15) is 4.79 Å². The van der Waals surface area contributed by atoms with Gasteiger partial charge in [-0.1, -0.05) is 18.2 Å². The number of nitrogens with one attached hydrogen (secondary N) is 2. The van der Waals surface area contributed by atoms with Crippen LogP contribution in [-0.4, -0.2) is 24.0 Å². The molecular weight excluding hydrogens is 278 g/mol. The summed E-state index contributed by atoms with van der Waals surface area (Å²) in [4.78, 5) is 16.4. The molecule has 0 atom stereocenters. The van der Waals surface area contributed by atoms with Crippen molar-refractivity contribution in [2.45, 2.75) is 12.8 Å². The Morgan fingerprint density at radius 2 is 1.91 bits per heavy atom. The molecule has 2 aromatic rings. The van der Waals surface area contributed by atoms with Gasteiger partial charge < -0.3 is 15.4 Å². The minimum atomic E-state index is 0.0695. The van der Waals surface area contributed by atoms with Gasteiger partial charge in [-0.3, -0.25) is 4.79 Å². The van der Waals surface area contributed by atoms with Gasteiger partial charge in [-0.2, -0.15) is 0 Å². The van der Waals surface area contributed by atoms with Gasteiger partial charge in [0, 0.05) is 12.0 Å². The predicted octanol–water partition coefficient (Wildman–Crippen LogP) is 2.81. The van der Waals surface area contributed by atoms with E-state index in [1.165, 1.54) is 0 Å². The van der Waals surface area contributed by atoms with Crippen molar-refractivity contribution in [1.82, 2.24) is 10.3 Å². The van der Waals surface area contributed by atoms with Crippen LogP contribution in [0.3, 0.4) is 0 Å². The summed E-state index contributed by atoms with van der Waals surface area (Å²) in [5.41, 5.74) is 0.698. The summed E-state index contributed by atoms with van der Waals surface area (Å²) in [6, 6.07) is 13.0. The zero-order valence-corrected chi connectivity index (χ0v) is 12.3. The fraction of sp³-hybridized carbons (Fsp3) is 0.294. The van der Waals surface area contributed by atoms with Crippen LogP contribution < -0.4 is 15.4 Å². The highest BCUT2D eigenvalue weighted by Gasteiger charge is 2.20. The third kappa shape index (κ3) is 3.83. The van der Waals surface area contributed by atoms with Crippen LogP contribution in [0, 0.1) is 5.92 Å². The maximum absolute atomic E-state index is 12.1. The molecule has 3 rings (SSSR count). The van der Waals surface area contributed by atoms with E-state index in [0.29, 0.717) is 11.6 Å². The molecule has 114 valence electrons. The van der Waals surface area contributed by atoms with Crippen LogP contribution in [0.4, 0.5) is 5.69 Å². The highest BCUT2D eigenvalue weighted by molar-refractivity contribution is 5.92. The van der Waals surface area contributed by atoms with Crippen LogP contribution in [0.25, 0.3) is 0 Å². The lowest BCUT2D eigenvalue weighted by molar-refractivity contribution is -0.120. The number of pyridine rings is 1. The molecule has 1 aliphatic heterocycles. The Balaban J connectivity index is 1.58. The van der Waals surface area contributed by atoms with Gasteiger partial charge in [-0.05, 0) is 44.1 Å². The summed E-state index contributed by atoms with van der Waals surface area (Å²) in [5.74, 6) is 1.40. The molecule has 1 fully saturated rings. The first-order valence-corrected chi connectivity index (χ1v) is 7.52. The van der Waals surface area contributed by atoms with Crippen LogP contribution in [0.5, 0.6) is 11.6 Å². The van der Waals surface area contributed by atoms with Gasteiger partial charge in [-0.15, -0.1) is 0 Å². The number of anilines is 1. The molecule has 0 saturated carbocycles. The number of para-hydroxylation sites is 1. The fourth-order valence-corrected chi connectivity index (χ4v) is 2.45. The number of carbonyl (C=O) groups is 1. The van der Waals surface area contributed by atoms with E-state index in [1.807, 2.05) is 36.4 Å². The normalized spacial score (nSPS) is 15.3. The summed E-state index contributed by atoms with van der Waals surface area (Å²) in [7, 11) is 0. The minimum Gasteiger partial charge on any atom is -0.439 e. The summed E-state index contributed by atoms with van der Waals surface area (Å²) < 4.78 is 5.62. The van der Waals surface area contributed by atoms with Gasteiger partial charge in [0.2, 0.25) is 11.8 Å². The van der Waals surface area contributed by atoms with Gasteiger partial charge in [0.05, 0.1) is 11.9 Å². The molecule has 1 aliphatic rings. The van der Waals surface area contributed by atoms with E-state index in [4.69, 9.17) is 4.74 Å². The number of hydrogen-bond donors (Lipinski definition) is 2. The van der Waals surface area contributed by atoms with Gasteiger partial charge in [-0.25, -0.2) is 4.98 Å². The zero-order chi connectivity index (χ0) is 15.2. The molecule has 1 aromatic heterocycles. The number of rotatable bonds is 4. The third-order valence-electron chi connectivity index (χ3n) is 3.68. The summed E-state index contributed by atoms with van der Waals surface area (Å²) in [5, 5.41) is 6.17. The van der Waals surface area contributed by atoms with Gasteiger partial charge in [0.15, 0.2) is 0 Å². The van der Waals surface area contributed by atoms with Crippen molar-refractivity contribution in [3.05, 3.63) is 48.7 Å². The highest BCUT2D eigenvalue weighted by atomic mass is 16.5. The van der Waals surface area contributed by atoms with Crippen molar-refractivity contribution >= 4 is 11.6 Å². The zero-order valence-electron chi connectivity index (χ0n) is 12.3. The molecule has 0 aliphatic carbocycles. The van der Waals surface area contributed by atoms with Gasteiger partial charge in [0.1, 0.15) is 5.75 Å². The van der Waals surface area contributed by atoms with E-state index in [2.05, 4.69) is 15.6 Å². The SMILES string of the molecule is O=C(Nc1ccc(Oc2ccccc2)nc1)C1CCNCC1. The van der Waals surface area contributed by atoms with Crippen molar-refractivity contribution in [2.24, 2.45) is 5.92 Å². The number of piperidine rings is 1. The smallest absolute Gasteiger partial charge is 0.227 e. The quantitative estimate of drug-likeness (QED) is 0.911. The average Bonchev–Trinajstić information content (AvgIpc) is 2.58. The largest absolute Gasteiger partial charge is 0.439 e. The molecule has 1 aromatic carbocycles. The van der Waals surface area contributed by atoms with Crippen LogP contribution >= 0.6 is 0 Å². The van der Waals surface area contributed by atoms with Crippen LogP contribution in [0.1, 0.15) is 12.8 Å². The van der Waals surface area contributed by atoms with E-state index in [-0.39, 0.29) is 11.8 Å². The Morgan fingerprint density at radius 3 is 2.59 bits per heavy atom. The standard InChI is InChI=1S/C17H19N3O2/c21-17(13-8-10-18-11-9-13)20-14-6-7-16(19-12-14)22-15-4-2-1-3-5-15/h1-7,12-13,18H,8-11H2,(H,20,21). The van der Waals surface area contributed by atoms with E-state index < -0.39 is 0 Å². The Kier molecular flexibility index (Phi) is 4.65. The number of hydrogen-bond acceptors (Lipinski definition) is 4. The molecule has 0 radical (unpaired) electrons. The lowest BCUT2D eigenvalue weighted by Gasteiger charge is -2.21. The topological polar surface area (TPSA) is 63.2 Å². The van der Waals surface area contributed by atoms with Crippen molar-refractivity contribution < 1.29 is 9.53 Å². The van der Waals surface area contributed by atoms with Crippen LogP contribution in [0.2, 0.25) is 0 Å². The lowest BCUT2D eigenvalue weighted by Crippen LogP contribution is -2.34. The van der Waals surface area contributed by atoms with Crippen molar-refractivity contribution in [3.8, 4) is 11.6 Å². The number of ether oxygens (including phenoxy) is 1. The fourth-order valence-electron chi connectivity index (χ4n) is 2.45. The molecule has 22 heavy (non-hydrogen) atoms. The summed E-state index contributed by atoms with van der Waals surface area (Å²) >= 11 is 0. The van der Waals surface area contributed by atoms with Crippen molar-refractivity contribution in [3.63, 3.8) is 0 Å². The first-order valence-electron chi connectivity index (χ1n) is 7.52. The molecule has 5 nitrogen and oxygen atoms in total. The summed E-state index contributed by atoms with van der Waals surface area (Å²) in [6.07, 6.45) is 3.39. The minimum absolute atomic E-state index is 0.0695. The second-order valence-electron chi connectivity index (χ2n) is 5.31.